The van der Waals surface area contributed by atoms with E-state index in [2.05, 4.69) is 44.5 Å². The third kappa shape index (κ3) is 3.67. The number of benzene rings is 2. The topological polar surface area (TPSA) is 58.1 Å². The van der Waals surface area contributed by atoms with Crippen molar-refractivity contribution in [3.8, 4) is 0 Å². The highest BCUT2D eigenvalue weighted by Crippen LogP contribution is 2.22. The number of amides is 1. The molecule has 1 aliphatic rings. The van der Waals surface area contributed by atoms with E-state index < -0.39 is 0 Å². The first kappa shape index (κ1) is 17.2. The zero-order valence-electron chi connectivity index (χ0n) is 15.6. The van der Waals surface area contributed by atoms with Crippen molar-refractivity contribution < 1.29 is 4.79 Å². The summed E-state index contributed by atoms with van der Waals surface area (Å²) < 4.78 is 0. The van der Waals surface area contributed by atoms with Crippen LogP contribution in [0.1, 0.15) is 32.6 Å². The molecule has 3 aromatic rings. The quantitative estimate of drug-likeness (QED) is 0.771. The molecule has 0 saturated carbocycles. The Hall–Kier alpha value is -3.21. The highest BCUT2D eigenvalue weighted by molar-refractivity contribution is 6.03. The highest BCUT2D eigenvalue weighted by Gasteiger charge is 2.18. The van der Waals surface area contributed by atoms with Crippen molar-refractivity contribution in [3.05, 3.63) is 82.7 Å². The summed E-state index contributed by atoms with van der Waals surface area (Å²) in [7, 11) is 0. The predicted molar refractivity (Wildman–Crippen MR) is 107 cm³/mol. The Morgan fingerprint density at radius 2 is 1.74 bits per heavy atom. The molecule has 1 amide bonds. The lowest BCUT2D eigenvalue weighted by molar-refractivity contribution is 0.102. The minimum Gasteiger partial charge on any atom is -0.336 e. The maximum atomic E-state index is 12.5. The van der Waals surface area contributed by atoms with Gasteiger partial charge in [-0.05, 0) is 54.7 Å². The number of nitrogens with one attached hydrogen (secondary N) is 1. The van der Waals surface area contributed by atoms with E-state index in [0.29, 0.717) is 11.5 Å². The lowest BCUT2D eigenvalue weighted by Crippen LogP contribution is -2.31. The molecule has 0 unspecified atom stereocenters. The molecule has 5 nitrogen and oxygen atoms in total. The minimum atomic E-state index is -0.200. The summed E-state index contributed by atoms with van der Waals surface area (Å²) in [6.07, 6.45) is 4.17. The van der Waals surface area contributed by atoms with Crippen molar-refractivity contribution in [3.63, 3.8) is 0 Å². The van der Waals surface area contributed by atoms with Gasteiger partial charge in [0, 0.05) is 31.2 Å². The Kier molecular flexibility index (Phi) is 4.59. The predicted octanol–water partition coefficient (Wildman–Crippen LogP) is 3.91. The molecule has 1 N–H and O–H groups in total. The van der Waals surface area contributed by atoms with Crippen LogP contribution in [0.25, 0.3) is 0 Å². The van der Waals surface area contributed by atoms with Crippen LogP contribution >= 0.6 is 0 Å². The molecule has 0 aliphatic carbocycles. The van der Waals surface area contributed by atoms with Crippen LogP contribution in [0.3, 0.4) is 0 Å². The standard InChI is InChI=1S/C22H22N4O/c1-15-7-8-20(11-16(15)2)25-21(27)19-12-23-22(24-13-19)26-10-9-17-5-3-4-6-18(17)14-26/h3-8,11-13H,9-10,14H2,1-2H3,(H,25,27). The van der Waals surface area contributed by atoms with Gasteiger partial charge in [0.1, 0.15) is 0 Å². The van der Waals surface area contributed by atoms with Crippen LogP contribution in [0.5, 0.6) is 0 Å². The van der Waals surface area contributed by atoms with Gasteiger partial charge in [-0.2, -0.15) is 0 Å². The van der Waals surface area contributed by atoms with Crippen molar-refractivity contribution in [1.82, 2.24) is 9.97 Å². The Balaban J connectivity index is 1.46. The molecule has 0 atom stereocenters. The molecule has 0 fully saturated rings. The van der Waals surface area contributed by atoms with Crippen LogP contribution in [0.15, 0.2) is 54.9 Å². The first-order valence-corrected chi connectivity index (χ1v) is 9.12. The third-order valence-electron chi connectivity index (χ3n) is 5.08. The van der Waals surface area contributed by atoms with Gasteiger partial charge in [0.05, 0.1) is 5.56 Å². The lowest BCUT2D eigenvalue weighted by atomic mass is 10.0. The van der Waals surface area contributed by atoms with Crippen molar-refractivity contribution >= 4 is 17.5 Å². The van der Waals surface area contributed by atoms with Crippen LogP contribution in [0.4, 0.5) is 11.6 Å². The molecule has 0 saturated heterocycles. The Labute approximate surface area is 159 Å². The molecule has 4 rings (SSSR count). The van der Waals surface area contributed by atoms with Gasteiger partial charge in [0.25, 0.3) is 5.91 Å². The Morgan fingerprint density at radius 3 is 2.48 bits per heavy atom. The van der Waals surface area contributed by atoms with Crippen LogP contribution in [-0.4, -0.2) is 22.4 Å². The molecule has 2 heterocycles. The average Bonchev–Trinajstić information content (AvgIpc) is 2.70. The van der Waals surface area contributed by atoms with E-state index in [1.54, 1.807) is 12.4 Å². The number of aromatic nitrogens is 2. The fourth-order valence-electron chi connectivity index (χ4n) is 3.29. The summed E-state index contributed by atoms with van der Waals surface area (Å²) in [4.78, 5) is 23.5. The lowest BCUT2D eigenvalue weighted by Gasteiger charge is -2.28. The number of aryl methyl sites for hydroxylation is 2. The number of carbonyl (C=O) groups excluding carboxylic acids is 1. The van der Waals surface area contributed by atoms with E-state index in [-0.39, 0.29) is 5.91 Å². The molecule has 0 spiro atoms. The van der Waals surface area contributed by atoms with Crippen molar-refractivity contribution in [2.75, 3.05) is 16.8 Å². The van der Waals surface area contributed by atoms with E-state index in [1.165, 1.54) is 16.7 Å². The van der Waals surface area contributed by atoms with Gasteiger partial charge in [-0.25, -0.2) is 9.97 Å². The fourth-order valence-corrected chi connectivity index (χ4v) is 3.29. The smallest absolute Gasteiger partial charge is 0.258 e. The maximum absolute atomic E-state index is 12.5. The van der Waals surface area contributed by atoms with Crippen molar-refractivity contribution in [2.24, 2.45) is 0 Å². The summed E-state index contributed by atoms with van der Waals surface area (Å²) >= 11 is 0. The zero-order valence-corrected chi connectivity index (χ0v) is 15.6. The second-order valence-corrected chi connectivity index (χ2v) is 6.97. The van der Waals surface area contributed by atoms with E-state index in [1.807, 2.05) is 32.0 Å². The molecule has 2 aromatic carbocycles. The second kappa shape index (κ2) is 7.19. The highest BCUT2D eigenvalue weighted by atomic mass is 16.1. The number of anilines is 2. The summed E-state index contributed by atoms with van der Waals surface area (Å²) in [6, 6.07) is 14.3. The van der Waals surface area contributed by atoms with Gasteiger partial charge in [-0.3, -0.25) is 4.79 Å². The second-order valence-electron chi connectivity index (χ2n) is 6.97. The molecule has 5 heteroatoms. The summed E-state index contributed by atoms with van der Waals surface area (Å²) in [5, 5.41) is 2.91. The van der Waals surface area contributed by atoms with E-state index in [9.17, 15) is 4.79 Å². The molecular formula is C22H22N4O. The Morgan fingerprint density at radius 1 is 1.00 bits per heavy atom. The minimum absolute atomic E-state index is 0.200. The largest absolute Gasteiger partial charge is 0.336 e. The van der Waals surface area contributed by atoms with Crippen LogP contribution in [0.2, 0.25) is 0 Å². The molecule has 27 heavy (non-hydrogen) atoms. The summed E-state index contributed by atoms with van der Waals surface area (Å²) in [5.41, 5.74) is 6.27. The number of nitrogens with zero attached hydrogens (tertiary/aromatic N) is 3. The third-order valence-corrected chi connectivity index (χ3v) is 5.08. The van der Waals surface area contributed by atoms with E-state index in [0.717, 1.165) is 30.8 Å². The van der Waals surface area contributed by atoms with Crippen LogP contribution in [0, 0.1) is 13.8 Å². The first-order chi connectivity index (χ1) is 13.1. The van der Waals surface area contributed by atoms with Crippen LogP contribution < -0.4 is 10.2 Å². The zero-order chi connectivity index (χ0) is 18.8. The van der Waals surface area contributed by atoms with E-state index in [4.69, 9.17) is 0 Å². The van der Waals surface area contributed by atoms with Gasteiger partial charge in [0.15, 0.2) is 0 Å². The molecule has 0 bridgehead atoms. The van der Waals surface area contributed by atoms with Gasteiger partial charge in [0.2, 0.25) is 5.95 Å². The molecular weight excluding hydrogens is 336 g/mol. The van der Waals surface area contributed by atoms with Crippen molar-refractivity contribution in [1.29, 1.82) is 0 Å². The molecule has 1 aromatic heterocycles. The summed E-state index contributed by atoms with van der Waals surface area (Å²) in [5.74, 6) is 0.459. The van der Waals surface area contributed by atoms with E-state index >= 15 is 0 Å². The van der Waals surface area contributed by atoms with Gasteiger partial charge in [-0.15, -0.1) is 0 Å². The normalized spacial score (nSPS) is 13.2. The average molecular weight is 358 g/mol. The van der Waals surface area contributed by atoms with Crippen molar-refractivity contribution in [2.45, 2.75) is 26.8 Å². The first-order valence-electron chi connectivity index (χ1n) is 9.12. The Bertz CT molecular complexity index is 982. The SMILES string of the molecule is Cc1ccc(NC(=O)c2cnc(N3CCc4ccccc4C3)nc2)cc1C. The molecule has 136 valence electrons. The number of fused-ring (bicyclic) bond motifs is 1. The number of hydrogen-bond acceptors (Lipinski definition) is 4. The fraction of sp³-hybridized carbons (Fsp3) is 0.227. The van der Waals surface area contributed by atoms with Crippen LogP contribution in [-0.2, 0) is 13.0 Å². The number of carbonyl (C=O) groups is 1. The monoisotopic (exact) mass is 358 g/mol. The number of rotatable bonds is 3. The molecule has 0 radical (unpaired) electrons. The number of hydrogen-bond donors (Lipinski definition) is 1. The summed E-state index contributed by atoms with van der Waals surface area (Å²) in [6.45, 7) is 5.75. The van der Waals surface area contributed by atoms with Gasteiger partial charge < -0.3 is 10.2 Å². The molecule has 1 aliphatic heterocycles. The van der Waals surface area contributed by atoms with Gasteiger partial charge in [-0.1, -0.05) is 30.3 Å². The van der Waals surface area contributed by atoms with Gasteiger partial charge >= 0.3 is 0 Å². The maximum Gasteiger partial charge on any atom is 0.258 e.